The van der Waals surface area contributed by atoms with Crippen LogP contribution in [0, 0.1) is 0 Å². The van der Waals surface area contributed by atoms with Crippen LogP contribution in [0.1, 0.15) is 12.1 Å². The Balaban J connectivity index is 2.87. The Morgan fingerprint density at radius 3 is 2.58 bits per heavy atom. The van der Waals surface area contributed by atoms with E-state index in [1.54, 1.807) is 0 Å². The van der Waals surface area contributed by atoms with E-state index >= 15 is 0 Å². The highest BCUT2D eigenvalue weighted by atomic mass is 16.4. The van der Waals surface area contributed by atoms with Crippen molar-refractivity contribution in [2.45, 2.75) is 19.4 Å². The van der Waals surface area contributed by atoms with Crippen LogP contribution in [0.2, 0.25) is 0 Å². The smallest absolute Gasteiger partial charge is 0.331 e. The van der Waals surface area contributed by atoms with Gasteiger partial charge in [-0.3, -0.25) is 18.9 Å². The van der Waals surface area contributed by atoms with Gasteiger partial charge in [-0.25, -0.2) is 4.79 Å². The lowest BCUT2D eigenvalue weighted by Gasteiger charge is -2.01. The Labute approximate surface area is 108 Å². The minimum atomic E-state index is -1.20. The van der Waals surface area contributed by atoms with E-state index in [1.807, 2.05) is 0 Å². The number of nitrogens with zero attached hydrogens (tertiary/aromatic N) is 3. The van der Waals surface area contributed by atoms with E-state index in [9.17, 15) is 14.7 Å². The number of aliphatic imine (C=N–C) groups is 1. The number of aromatic nitrogens is 2. The number of imidazole rings is 1. The molecule has 0 saturated carbocycles. The Hall–Kier alpha value is -2.45. The van der Waals surface area contributed by atoms with E-state index in [1.165, 1.54) is 11.6 Å². The number of rotatable bonds is 6. The first kappa shape index (κ1) is 14.6. The van der Waals surface area contributed by atoms with Crippen molar-refractivity contribution in [2.24, 2.45) is 23.5 Å². The van der Waals surface area contributed by atoms with Crippen molar-refractivity contribution in [1.29, 1.82) is 0 Å². The summed E-state index contributed by atoms with van der Waals surface area (Å²) in [6.07, 6.45) is 0.886. The number of carbonyl (C=O) groups is 1. The molecule has 0 fully saturated rings. The Morgan fingerprint density at radius 1 is 1.42 bits per heavy atom. The van der Waals surface area contributed by atoms with Crippen molar-refractivity contribution in [1.82, 2.24) is 9.13 Å². The quantitative estimate of drug-likeness (QED) is 0.272. The number of hydrogen-bond donors (Lipinski definition) is 4. The van der Waals surface area contributed by atoms with Crippen molar-refractivity contribution in [2.75, 3.05) is 6.54 Å². The van der Waals surface area contributed by atoms with Gasteiger partial charge >= 0.3 is 11.7 Å². The highest BCUT2D eigenvalue weighted by molar-refractivity contribution is 5.75. The van der Waals surface area contributed by atoms with E-state index in [-0.39, 0.29) is 11.8 Å². The lowest BCUT2D eigenvalue weighted by Crippen LogP contribution is -2.25. The van der Waals surface area contributed by atoms with Gasteiger partial charge in [0.1, 0.15) is 6.54 Å². The number of carboxylic acid groups (broad SMARTS) is 1. The van der Waals surface area contributed by atoms with E-state index in [4.69, 9.17) is 16.6 Å². The summed E-state index contributed by atoms with van der Waals surface area (Å²) in [6, 6.07) is 0. The lowest BCUT2D eigenvalue weighted by atomic mass is 10.2. The van der Waals surface area contributed by atoms with Crippen LogP contribution in [-0.4, -0.2) is 37.8 Å². The Kier molecular flexibility index (Phi) is 4.56. The maximum atomic E-state index is 11.7. The largest absolute Gasteiger partial charge is 0.493 e. The summed E-state index contributed by atoms with van der Waals surface area (Å²) in [5.74, 6) is -1.56. The van der Waals surface area contributed by atoms with E-state index in [0.29, 0.717) is 25.1 Å². The number of nitrogens with two attached hydrogens (primary N) is 2. The average Bonchev–Trinajstić information content (AvgIpc) is 2.50. The van der Waals surface area contributed by atoms with Gasteiger partial charge < -0.3 is 21.7 Å². The zero-order valence-corrected chi connectivity index (χ0v) is 10.5. The molecule has 0 aliphatic heterocycles. The molecular weight excluding hydrogens is 254 g/mol. The van der Waals surface area contributed by atoms with Gasteiger partial charge in [0.05, 0.1) is 5.69 Å². The van der Waals surface area contributed by atoms with E-state index in [0.717, 1.165) is 4.57 Å². The highest BCUT2D eigenvalue weighted by Gasteiger charge is 2.18. The molecule has 0 aromatic carbocycles. The molecule has 106 valence electrons. The van der Waals surface area contributed by atoms with Crippen LogP contribution < -0.4 is 17.2 Å². The predicted molar refractivity (Wildman–Crippen MR) is 68.0 cm³/mol. The van der Waals surface area contributed by atoms with Crippen molar-refractivity contribution in [3.63, 3.8) is 0 Å². The van der Waals surface area contributed by atoms with Gasteiger partial charge in [-0.2, -0.15) is 0 Å². The van der Waals surface area contributed by atoms with Crippen LogP contribution in [0.3, 0.4) is 0 Å². The van der Waals surface area contributed by atoms with Crippen LogP contribution in [0.4, 0.5) is 0 Å². The van der Waals surface area contributed by atoms with E-state index in [2.05, 4.69) is 4.99 Å². The van der Waals surface area contributed by atoms with Crippen LogP contribution in [0.15, 0.2) is 9.79 Å². The summed E-state index contributed by atoms with van der Waals surface area (Å²) in [7, 11) is 1.47. The number of aromatic hydroxyl groups is 1. The Bertz CT molecular complexity index is 553. The molecule has 0 saturated heterocycles. The number of carboxylic acids is 1. The van der Waals surface area contributed by atoms with Gasteiger partial charge in [-0.15, -0.1) is 0 Å². The zero-order valence-electron chi connectivity index (χ0n) is 10.5. The fourth-order valence-corrected chi connectivity index (χ4v) is 1.70. The van der Waals surface area contributed by atoms with Crippen LogP contribution in [0.25, 0.3) is 0 Å². The second kappa shape index (κ2) is 5.94. The summed E-state index contributed by atoms with van der Waals surface area (Å²) in [6.45, 7) is -0.216. The minimum Gasteiger partial charge on any atom is -0.493 e. The van der Waals surface area contributed by atoms with Gasteiger partial charge in [-0.05, 0) is 12.8 Å². The molecule has 0 aliphatic carbocycles. The van der Waals surface area contributed by atoms with Gasteiger partial charge in [0.25, 0.3) is 0 Å². The third kappa shape index (κ3) is 3.50. The monoisotopic (exact) mass is 271 g/mol. The first-order chi connectivity index (χ1) is 8.84. The topological polar surface area (TPSA) is 149 Å². The SMILES string of the molecule is Cn1c(CCCN=C(N)N)c(O)n(CC(=O)O)c1=O. The summed E-state index contributed by atoms with van der Waals surface area (Å²) in [5.41, 5.74) is 10.1. The maximum absolute atomic E-state index is 11.7. The van der Waals surface area contributed by atoms with Crippen molar-refractivity contribution >= 4 is 11.9 Å². The molecule has 0 aliphatic rings. The maximum Gasteiger partial charge on any atom is 0.331 e. The third-order valence-electron chi connectivity index (χ3n) is 2.60. The van der Waals surface area contributed by atoms with Gasteiger partial charge in [-0.1, -0.05) is 0 Å². The first-order valence-corrected chi connectivity index (χ1v) is 5.59. The molecular formula is C10H17N5O4. The van der Waals surface area contributed by atoms with Crippen molar-refractivity contribution in [3.05, 3.63) is 16.2 Å². The third-order valence-corrected chi connectivity index (χ3v) is 2.60. The van der Waals surface area contributed by atoms with Crippen LogP contribution in [0.5, 0.6) is 5.88 Å². The predicted octanol–water partition coefficient (Wildman–Crippen LogP) is -1.82. The zero-order chi connectivity index (χ0) is 14.6. The Morgan fingerprint density at radius 2 is 2.05 bits per heavy atom. The molecule has 0 spiro atoms. The standard InChI is InChI=1S/C10H17N5O4/c1-14-6(3-2-4-13-9(11)12)8(18)15(10(14)19)5-7(16)17/h18H,2-5H2,1H3,(H,16,17)(H4,11,12,13). The molecule has 6 N–H and O–H groups in total. The molecule has 0 amide bonds. The van der Waals surface area contributed by atoms with Gasteiger partial charge in [0, 0.05) is 13.6 Å². The second-order valence-corrected chi connectivity index (χ2v) is 4.00. The van der Waals surface area contributed by atoms with Gasteiger partial charge in [0.2, 0.25) is 5.88 Å². The summed E-state index contributed by atoms with van der Waals surface area (Å²) in [4.78, 5) is 26.1. The lowest BCUT2D eigenvalue weighted by molar-refractivity contribution is -0.137. The summed E-state index contributed by atoms with van der Waals surface area (Å²) in [5, 5.41) is 18.5. The summed E-state index contributed by atoms with van der Waals surface area (Å²) >= 11 is 0. The fourth-order valence-electron chi connectivity index (χ4n) is 1.70. The number of aliphatic carboxylic acids is 1. The number of hydrogen-bond acceptors (Lipinski definition) is 4. The van der Waals surface area contributed by atoms with Crippen LogP contribution in [-0.2, 0) is 24.8 Å². The van der Waals surface area contributed by atoms with Crippen molar-refractivity contribution < 1.29 is 15.0 Å². The molecule has 1 aromatic heterocycles. The highest BCUT2D eigenvalue weighted by Crippen LogP contribution is 2.16. The molecule has 19 heavy (non-hydrogen) atoms. The minimum absolute atomic E-state index is 0.0263. The second-order valence-electron chi connectivity index (χ2n) is 4.00. The van der Waals surface area contributed by atoms with Gasteiger partial charge in [0.15, 0.2) is 5.96 Å². The average molecular weight is 271 g/mol. The van der Waals surface area contributed by atoms with Crippen LogP contribution >= 0.6 is 0 Å². The molecule has 0 atom stereocenters. The normalized spacial score (nSPS) is 10.4. The first-order valence-electron chi connectivity index (χ1n) is 5.59. The fraction of sp³-hybridized carbons (Fsp3) is 0.500. The summed E-state index contributed by atoms with van der Waals surface area (Å²) < 4.78 is 2.02. The molecule has 9 heteroatoms. The van der Waals surface area contributed by atoms with Crippen molar-refractivity contribution in [3.8, 4) is 5.88 Å². The number of guanidine groups is 1. The molecule has 0 bridgehead atoms. The molecule has 1 aromatic rings. The van der Waals surface area contributed by atoms with E-state index < -0.39 is 18.2 Å². The molecule has 1 rings (SSSR count). The molecule has 0 radical (unpaired) electrons. The molecule has 0 unspecified atom stereocenters. The molecule has 9 nitrogen and oxygen atoms in total. The molecule has 1 heterocycles.